The molecule has 0 fully saturated rings. The van der Waals surface area contributed by atoms with Gasteiger partial charge < -0.3 is 5.73 Å². The molecule has 0 saturated heterocycles. The lowest BCUT2D eigenvalue weighted by atomic mass is 10.1. The standard InChI is InChI=1S/C12H11BrFNS/c1-7-6-10(16-12(7)13)11(15)8-2-4-9(14)5-3-8/h2-6,11H,15H2,1H3. The molecule has 0 aliphatic heterocycles. The predicted octanol–water partition coefficient (Wildman–Crippen LogP) is 4.01. The third kappa shape index (κ3) is 2.34. The third-order valence-corrected chi connectivity index (χ3v) is 4.63. The second kappa shape index (κ2) is 4.65. The van der Waals surface area contributed by atoms with Crippen LogP contribution in [0.25, 0.3) is 0 Å². The molecule has 2 aromatic rings. The Morgan fingerprint density at radius 2 is 1.94 bits per heavy atom. The van der Waals surface area contributed by atoms with Crippen LogP contribution in [-0.2, 0) is 0 Å². The Kier molecular flexibility index (Phi) is 3.42. The van der Waals surface area contributed by atoms with Crippen LogP contribution in [-0.4, -0.2) is 0 Å². The fourth-order valence-electron chi connectivity index (χ4n) is 1.47. The summed E-state index contributed by atoms with van der Waals surface area (Å²) >= 11 is 5.09. The molecule has 1 heterocycles. The SMILES string of the molecule is Cc1cc(C(N)c2ccc(F)cc2)sc1Br. The average Bonchev–Trinajstić information content (AvgIpc) is 2.59. The van der Waals surface area contributed by atoms with Gasteiger partial charge in [0.05, 0.1) is 9.83 Å². The smallest absolute Gasteiger partial charge is 0.123 e. The Bertz CT molecular complexity index is 473. The van der Waals surface area contributed by atoms with Gasteiger partial charge in [0.15, 0.2) is 0 Å². The maximum atomic E-state index is 12.8. The lowest BCUT2D eigenvalue weighted by Crippen LogP contribution is -2.09. The molecule has 1 atom stereocenters. The first kappa shape index (κ1) is 11.8. The summed E-state index contributed by atoms with van der Waals surface area (Å²) in [7, 11) is 0. The van der Waals surface area contributed by atoms with Gasteiger partial charge in [0.1, 0.15) is 5.82 Å². The second-order valence-electron chi connectivity index (χ2n) is 3.63. The Morgan fingerprint density at radius 3 is 2.44 bits per heavy atom. The Hall–Kier alpha value is -0.710. The van der Waals surface area contributed by atoms with E-state index in [4.69, 9.17) is 5.73 Å². The minimum atomic E-state index is -0.237. The Balaban J connectivity index is 2.31. The first-order chi connectivity index (χ1) is 7.58. The summed E-state index contributed by atoms with van der Waals surface area (Å²) in [5.41, 5.74) is 8.22. The topological polar surface area (TPSA) is 26.0 Å². The van der Waals surface area contributed by atoms with Crippen molar-refractivity contribution in [2.24, 2.45) is 5.73 Å². The fraction of sp³-hybridized carbons (Fsp3) is 0.167. The molecule has 0 amide bonds. The Morgan fingerprint density at radius 1 is 1.31 bits per heavy atom. The van der Waals surface area contributed by atoms with Crippen molar-refractivity contribution in [1.29, 1.82) is 0 Å². The van der Waals surface area contributed by atoms with Gasteiger partial charge in [0, 0.05) is 4.88 Å². The van der Waals surface area contributed by atoms with E-state index in [2.05, 4.69) is 22.0 Å². The summed E-state index contributed by atoms with van der Waals surface area (Å²) in [5, 5.41) is 0. The highest BCUT2D eigenvalue weighted by Crippen LogP contribution is 2.33. The summed E-state index contributed by atoms with van der Waals surface area (Å²) in [6.45, 7) is 2.03. The highest BCUT2D eigenvalue weighted by molar-refractivity contribution is 9.11. The zero-order valence-corrected chi connectivity index (χ0v) is 11.1. The average molecular weight is 300 g/mol. The maximum Gasteiger partial charge on any atom is 0.123 e. The quantitative estimate of drug-likeness (QED) is 0.891. The van der Waals surface area contributed by atoms with Gasteiger partial charge in [-0.05, 0) is 52.2 Å². The number of hydrogen-bond acceptors (Lipinski definition) is 2. The molecular formula is C12H11BrFNS. The normalized spacial score (nSPS) is 12.8. The summed E-state index contributed by atoms with van der Waals surface area (Å²) in [4.78, 5) is 1.08. The summed E-state index contributed by atoms with van der Waals surface area (Å²) < 4.78 is 13.9. The highest BCUT2D eigenvalue weighted by atomic mass is 79.9. The van der Waals surface area contributed by atoms with Gasteiger partial charge in [-0.3, -0.25) is 0 Å². The number of hydrogen-bond donors (Lipinski definition) is 1. The van der Waals surface area contributed by atoms with Gasteiger partial charge in [-0.1, -0.05) is 12.1 Å². The number of halogens is 2. The molecule has 2 rings (SSSR count). The lowest BCUT2D eigenvalue weighted by Gasteiger charge is -2.09. The molecule has 0 aliphatic rings. The molecule has 1 unspecified atom stereocenters. The fourth-order valence-corrected chi connectivity index (χ4v) is 3.07. The van der Waals surface area contributed by atoms with Crippen LogP contribution in [0.2, 0.25) is 0 Å². The molecular weight excluding hydrogens is 289 g/mol. The number of aryl methyl sites for hydroxylation is 1. The summed E-state index contributed by atoms with van der Waals surface area (Å²) in [6.07, 6.45) is 0. The minimum Gasteiger partial charge on any atom is -0.320 e. The van der Waals surface area contributed by atoms with Gasteiger partial charge in [-0.2, -0.15) is 0 Å². The van der Waals surface area contributed by atoms with Crippen molar-refractivity contribution in [3.05, 3.63) is 55.9 Å². The number of rotatable bonds is 2. The van der Waals surface area contributed by atoms with E-state index in [0.29, 0.717) is 0 Å². The van der Waals surface area contributed by atoms with Crippen molar-refractivity contribution in [1.82, 2.24) is 0 Å². The lowest BCUT2D eigenvalue weighted by molar-refractivity contribution is 0.626. The van der Waals surface area contributed by atoms with E-state index in [9.17, 15) is 4.39 Å². The van der Waals surface area contributed by atoms with E-state index >= 15 is 0 Å². The monoisotopic (exact) mass is 299 g/mol. The number of thiophene rings is 1. The van der Waals surface area contributed by atoms with Crippen LogP contribution in [0.4, 0.5) is 4.39 Å². The largest absolute Gasteiger partial charge is 0.320 e. The zero-order chi connectivity index (χ0) is 11.7. The van der Waals surface area contributed by atoms with Crippen molar-refractivity contribution in [2.45, 2.75) is 13.0 Å². The van der Waals surface area contributed by atoms with Gasteiger partial charge in [-0.25, -0.2) is 4.39 Å². The van der Waals surface area contributed by atoms with E-state index < -0.39 is 0 Å². The van der Waals surface area contributed by atoms with E-state index in [0.717, 1.165) is 14.2 Å². The van der Waals surface area contributed by atoms with Crippen LogP contribution in [0, 0.1) is 12.7 Å². The molecule has 0 saturated carbocycles. The van der Waals surface area contributed by atoms with Crippen LogP contribution in [0.3, 0.4) is 0 Å². The Labute approximate surface area is 106 Å². The van der Waals surface area contributed by atoms with E-state index in [1.165, 1.54) is 17.7 Å². The second-order valence-corrected chi connectivity index (χ2v) is 6.04. The van der Waals surface area contributed by atoms with Crippen molar-refractivity contribution in [3.8, 4) is 0 Å². The van der Waals surface area contributed by atoms with Gasteiger partial charge >= 0.3 is 0 Å². The van der Waals surface area contributed by atoms with E-state index in [-0.39, 0.29) is 11.9 Å². The maximum absolute atomic E-state index is 12.8. The van der Waals surface area contributed by atoms with Crippen LogP contribution < -0.4 is 5.73 Å². The van der Waals surface area contributed by atoms with Gasteiger partial charge in [-0.15, -0.1) is 11.3 Å². The van der Waals surface area contributed by atoms with E-state index in [1.807, 2.05) is 6.92 Å². The van der Waals surface area contributed by atoms with Gasteiger partial charge in [0.25, 0.3) is 0 Å². The third-order valence-electron chi connectivity index (χ3n) is 2.41. The molecule has 2 N–H and O–H groups in total. The van der Waals surface area contributed by atoms with Crippen LogP contribution in [0.1, 0.15) is 22.0 Å². The highest BCUT2D eigenvalue weighted by Gasteiger charge is 2.12. The van der Waals surface area contributed by atoms with Crippen LogP contribution in [0.15, 0.2) is 34.1 Å². The molecule has 1 nitrogen and oxygen atoms in total. The number of benzene rings is 1. The molecule has 1 aromatic carbocycles. The summed E-state index contributed by atoms with van der Waals surface area (Å²) in [6, 6.07) is 8.19. The molecule has 16 heavy (non-hydrogen) atoms. The molecule has 84 valence electrons. The van der Waals surface area contributed by atoms with Crippen molar-refractivity contribution in [2.75, 3.05) is 0 Å². The van der Waals surface area contributed by atoms with Crippen LogP contribution >= 0.6 is 27.3 Å². The molecule has 0 aliphatic carbocycles. The van der Waals surface area contributed by atoms with Gasteiger partial charge in [0.2, 0.25) is 0 Å². The van der Waals surface area contributed by atoms with Crippen molar-refractivity contribution in [3.63, 3.8) is 0 Å². The summed E-state index contributed by atoms with van der Waals surface area (Å²) in [5.74, 6) is -0.237. The van der Waals surface area contributed by atoms with Crippen molar-refractivity contribution >= 4 is 27.3 Å². The first-order valence-corrected chi connectivity index (χ1v) is 6.46. The number of nitrogens with two attached hydrogens (primary N) is 1. The first-order valence-electron chi connectivity index (χ1n) is 4.85. The van der Waals surface area contributed by atoms with E-state index in [1.54, 1.807) is 23.5 Å². The van der Waals surface area contributed by atoms with Crippen LogP contribution in [0.5, 0.6) is 0 Å². The molecule has 1 aromatic heterocycles. The predicted molar refractivity (Wildman–Crippen MR) is 69.2 cm³/mol. The molecule has 0 spiro atoms. The van der Waals surface area contributed by atoms with Crippen molar-refractivity contribution < 1.29 is 4.39 Å². The zero-order valence-electron chi connectivity index (χ0n) is 8.71. The molecule has 4 heteroatoms. The minimum absolute atomic E-state index is 0.185. The molecule has 0 bridgehead atoms. The molecule has 0 radical (unpaired) electrons.